The van der Waals surface area contributed by atoms with Crippen molar-refractivity contribution < 1.29 is 15.3 Å². The second-order valence-corrected chi connectivity index (χ2v) is 29.3. The molecule has 27 heteroatoms. The molecule has 0 bridgehead atoms. The maximum absolute atomic E-state index is 13.3. The van der Waals surface area contributed by atoms with Gasteiger partial charge in [0.25, 0.3) is 16.7 Å². The zero-order chi connectivity index (χ0) is 74.7. The monoisotopic (exact) mass is 1430 g/mol. The van der Waals surface area contributed by atoms with Crippen molar-refractivity contribution in [3.05, 3.63) is 247 Å². The number of hydrogen-bond acceptors (Lipinski definition) is 21. The van der Waals surface area contributed by atoms with E-state index in [-0.39, 0.29) is 36.3 Å². The molecule has 544 valence electrons. The summed E-state index contributed by atoms with van der Waals surface area (Å²) < 4.78 is 9.52. The van der Waals surface area contributed by atoms with E-state index in [2.05, 4.69) is 154 Å². The number of benzene rings is 3. The number of aliphatic hydroxyl groups is 3. The Balaban J connectivity index is 0.000000134. The average Bonchev–Trinajstić information content (AvgIpc) is 1.59. The van der Waals surface area contributed by atoms with E-state index < -0.39 is 16.8 Å². The topological polar surface area (TPSA) is 312 Å². The summed E-state index contributed by atoms with van der Waals surface area (Å²) >= 11 is 0. The van der Waals surface area contributed by atoms with Crippen molar-refractivity contribution >= 4 is 68.0 Å². The summed E-state index contributed by atoms with van der Waals surface area (Å²) in [6.07, 6.45) is 12.0. The first-order valence-corrected chi connectivity index (χ1v) is 35.4. The predicted octanol–water partition coefficient (Wildman–Crippen LogP) is 10.2. The van der Waals surface area contributed by atoms with Crippen molar-refractivity contribution in [2.75, 3.05) is 29.5 Å². The van der Waals surface area contributed by atoms with Gasteiger partial charge in [-0.2, -0.15) is 15.0 Å². The summed E-state index contributed by atoms with van der Waals surface area (Å²) in [5.74, 6) is 2.56. The average molecular weight is 1430 g/mol. The Morgan fingerprint density at radius 2 is 0.868 bits per heavy atom. The van der Waals surface area contributed by atoms with Gasteiger partial charge >= 0.3 is 0 Å². The van der Waals surface area contributed by atoms with Crippen LogP contribution in [0.5, 0.6) is 0 Å². The Labute approximate surface area is 611 Å². The minimum absolute atomic E-state index is 0.232. The van der Waals surface area contributed by atoms with E-state index in [1.165, 1.54) is 72.7 Å². The van der Waals surface area contributed by atoms with E-state index in [9.17, 15) is 29.7 Å². The van der Waals surface area contributed by atoms with Gasteiger partial charge < -0.3 is 36.6 Å². The number of allylic oxidation sites excluding steroid dienone is 3. The lowest BCUT2D eigenvalue weighted by atomic mass is 9.86. The van der Waals surface area contributed by atoms with Crippen LogP contribution in [0.25, 0.3) is 50.6 Å². The molecule has 1 saturated carbocycles. The molecular weight excluding hydrogens is 1340 g/mol. The van der Waals surface area contributed by atoms with Crippen molar-refractivity contribution in [1.82, 2.24) is 88.1 Å². The zero-order valence-corrected chi connectivity index (χ0v) is 61.0. The molecule has 3 aliphatic heterocycles. The SMILES string of the molecule is C=CCn1c(=O)c2cnc(Nc3ccc4c(c3)CN(C(C)C)CC43CC3)nc2n1-c1cccc(C(C)(C)O)n1.C=CCn1c(=O)c2cnc(Nc3ccc4c(c3)CN(C)C4)nc2n1-c1cccc(C(C)(C)O)n1.C=CCn1c(=O)c2cnc(Nc3ccc4c(c3)CNC4)nc2n1-c1cccc(C(C)(C)O)n1. The molecule has 12 aromatic rings. The third-order valence-electron chi connectivity index (χ3n) is 19.5. The molecule has 106 heavy (non-hydrogen) atoms. The van der Waals surface area contributed by atoms with Crippen LogP contribution in [-0.2, 0) is 74.6 Å². The van der Waals surface area contributed by atoms with Crippen molar-refractivity contribution in [2.45, 2.75) is 149 Å². The highest BCUT2D eigenvalue weighted by Crippen LogP contribution is 2.53. The second-order valence-electron chi connectivity index (χ2n) is 29.3. The van der Waals surface area contributed by atoms with Crippen molar-refractivity contribution in [2.24, 2.45) is 0 Å². The third kappa shape index (κ3) is 14.2. The van der Waals surface area contributed by atoms with Crippen molar-refractivity contribution in [3.63, 3.8) is 0 Å². The molecule has 4 aliphatic rings. The van der Waals surface area contributed by atoms with Crippen LogP contribution >= 0.6 is 0 Å². The lowest BCUT2D eigenvalue weighted by molar-refractivity contribution is 0.0733. The normalized spacial score (nSPS) is 14.7. The molecule has 27 nitrogen and oxygen atoms in total. The Morgan fingerprint density at radius 3 is 1.26 bits per heavy atom. The number of anilines is 6. The first kappa shape index (κ1) is 71.5. The minimum atomic E-state index is -1.14. The highest BCUT2D eigenvalue weighted by Gasteiger charge is 2.49. The maximum Gasteiger partial charge on any atom is 0.278 e. The summed E-state index contributed by atoms with van der Waals surface area (Å²) in [4.78, 5) is 85.6. The minimum Gasteiger partial charge on any atom is -0.384 e. The van der Waals surface area contributed by atoms with Gasteiger partial charge in [-0.25, -0.2) is 58.0 Å². The fraction of sp³-hybridized carbons (Fsp3) is 0.316. The highest BCUT2D eigenvalue weighted by atomic mass is 16.3. The van der Waals surface area contributed by atoms with Crippen LogP contribution in [-0.4, -0.2) is 118 Å². The summed E-state index contributed by atoms with van der Waals surface area (Å²) in [5, 5.41) is 45.7. The van der Waals surface area contributed by atoms with Gasteiger partial charge in [-0.05, 0) is 181 Å². The van der Waals surface area contributed by atoms with Crippen LogP contribution in [0.1, 0.15) is 119 Å². The molecule has 9 aromatic heterocycles. The molecule has 3 aromatic carbocycles. The molecule has 7 N–H and O–H groups in total. The molecule has 0 unspecified atom stereocenters. The standard InChI is InChI=1S/C30H35N7O2.C25H27N7O2.C24H25N7O2/c1-6-14-36-27(38)22-16-31-28(34-26(22)37(36)25-9-7-8-24(33-25)29(4,5)39)32-21-10-11-23-20(15-21)17-35(19(2)3)18-30(23)12-13-30;1-5-11-31-23(33)19-13-26-24(27-18-10-9-16-14-30(4)15-17(16)12-18)29-22(19)32(31)21-8-6-7-20(28-21)25(2,3)34;1-4-10-30-22(32)18-14-26-23(27-17-9-8-15-12-25-13-16(15)11-17)29-21(18)31(30)20-7-5-6-19(28-20)24(2,3)33/h6-11,15-16,19,39H,1,12-14,17-18H2,2-5H3,(H,31,32,34);5-10,12-13,34H,1,11,14-15H2,2-4H3,(H,26,27,29);4-9,11,14,25,33H,1,10,12-13H2,2-3H3,(H,26,27,29). The van der Waals surface area contributed by atoms with Crippen LogP contribution in [0.2, 0.25) is 0 Å². The molecule has 16 rings (SSSR count). The quantitative estimate of drug-likeness (QED) is 0.0370. The molecular formula is C79H87N21O6. The smallest absolute Gasteiger partial charge is 0.278 e. The Bertz CT molecular complexity index is 5620. The number of pyridine rings is 3. The van der Waals surface area contributed by atoms with Gasteiger partial charge in [0, 0.05) is 86.4 Å². The molecule has 1 aliphatic carbocycles. The van der Waals surface area contributed by atoms with Crippen LogP contribution in [0.15, 0.2) is 180 Å². The first-order chi connectivity index (χ1) is 50.7. The van der Waals surface area contributed by atoms with Crippen molar-refractivity contribution in [3.8, 4) is 17.5 Å². The van der Waals surface area contributed by atoms with Gasteiger partial charge in [0.15, 0.2) is 34.4 Å². The Hall–Kier alpha value is -11.5. The lowest BCUT2D eigenvalue weighted by Crippen LogP contribution is -2.41. The molecule has 0 amide bonds. The number of nitrogens with zero attached hydrogens (tertiary/aromatic N) is 17. The number of nitrogens with one attached hydrogen (secondary N) is 4. The van der Waals surface area contributed by atoms with E-state index in [1.54, 1.807) is 129 Å². The van der Waals surface area contributed by atoms with Gasteiger partial charge in [0.1, 0.15) is 33.0 Å². The maximum atomic E-state index is 13.3. The molecule has 0 atom stereocenters. The number of aromatic nitrogens is 15. The van der Waals surface area contributed by atoms with E-state index in [1.807, 2.05) is 18.2 Å². The summed E-state index contributed by atoms with van der Waals surface area (Å²) in [6, 6.07) is 35.4. The molecule has 1 fully saturated rings. The van der Waals surface area contributed by atoms with Crippen LogP contribution in [0.3, 0.4) is 0 Å². The lowest BCUT2D eigenvalue weighted by Gasteiger charge is -2.37. The van der Waals surface area contributed by atoms with Crippen LogP contribution in [0.4, 0.5) is 34.9 Å². The fourth-order valence-electron chi connectivity index (χ4n) is 13.9. The van der Waals surface area contributed by atoms with Crippen LogP contribution < -0.4 is 37.9 Å². The molecule has 0 radical (unpaired) electrons. The van der Waals surface area contributed by atoms with E-state index >= 15 is 0 Å². The second kappa shape index (κ2) is 28.2. The van der Waals surface area contributed by atoms with Crippen LogP contribution in [0, 0.1) is 0 Å². The van der Waals surface area contributed by atoms with Gasteiger partial charge in [-0.1, -0.05) is 54.6 Å². The third-order valence-corrected chi connectivity index (χ3v) is 19.5. The van der Waals surface area contributed by atoms with Gasteiger partial charge in [0.2, 0.25) is 17.8 Å². The fourth-order valence-corrected chi connectivity index (χ4v) is 13.9. The highest BCUT2D eigenvalue weighted by molar-refractivity contribution is 5.79. The van der Waals surface area contributed by atoms with Crippen molar-refractivity contribution in [1.29, 1.82) is 0 Å². The molecule has 0 saturated heterocycles. The number of fused-ring (bicyclic) bond motifs is 7. The molecule has 12 heterocycles. The predicted molar refractivity (Wildman–Crippen MR) is 410 cm³/mol. The van der Waals surface area contributed by atoms with Gasteiger partial charge in [-0.15, -0.1) is 19.7 Å². The van der Waals surface area contributed by atoms with E-state index in [4.69, 9.17) is 4.98 Å². The number of hydrogen-bond donors (Lipinski definition) is 7. The molecule has 1 spiro atoms. The summed E-state index contributed by atoms with van der Waals surface area (Å²) in [5.41, 5.74) is 9.52. The zero-order valence-electron chi connectivity index (χ0n) is 61.0. The summed E-state index contributed by atoms with van der Waals surface area (Å²) in [7, 11) is 2.10. The van der Waals surface area contributed by atoms with E-state index in [0.29, 0.717) is 96.9 Å². The first-order valence-electron chi connectivity index (χ1n) is 35.4. The Morgan fingerprint density at radius 1 is 0.491 bits per heavy atom. The Kier molecular flexibility index (Phi) is 19.0. The van der Waals surface area contributed by atoms with Gasteiger partial charge in [0.05, 0.1) is 36.7 Å². The number of rotatable bonds is 19. The largest absolute Gasteiger partial charge is 0.384 e. The van der Waals surface area contributed by atoms with E-state index in [0.717, 1.165) is 56.3 Å². The summed E-state index contributed by atoms with van der Waals surface area (Å²) in [6.45, 7) is 32.3. The van der Waals surface area contributed by atoms with Gasteiger partial charge in [-0.3, -0.25) is 24.2 Å².